The quantitative estimate of drug-likeness (QED) is 0.368. The Morgan fingerprint density at radius 2 is 1.65 bits per heavy atom. The number of halogens is 3. The average Bonchev–Trinajstić information content (AvgIpc) is 2.16. The summed E-state index contributed by atoms with van der Waals surface area (Å²) < 4.78 is 64.2. The maximum absolute atomic E-state index is 11.7. The largest absolute Gasteiger partial charge is 0.586 e. The maximum atomic E-state index is 11.7. The molecule has 0 fully saturated rings. The van der Waals surface area contributed by atoms with E-state index in [-0.39, 0.29) is 0 Å². The summed E-state index contributed by atoms with van der Waals surface area (Å²) in [5.41, 5.74) is 0. The lowest BCUT2D eigenvalue weighted by Crippen LogP contribution is -2.18. The van der Waals surface area contributed by atoms with Crippen molar-refractivity contribution in [1.29, 1.82) is 0 Å². The second-order valence-electron chi connectivity index (χ2n) is 2.49. The van der Waals surface area contributed by atoms with E-state index in [1.165, 1.54) is 0 Å². The SMILES string of the molecule is C=COP(=O)(OC=C)OCCOCC(F)(F)F. The smallest absolute Gasteiger partial charge is 0.404 e. The van der Waals surface area contributed by atoms with Crippen molar-refractivity contribution in [2.75, 3.05) is 19.8 Å². The first kappa shape index (κ1) is 16.0. The average molecular weight is 276 g/mol. The Balaban J connectivity index is 3.87. The molecule has 0 saturated heterocycles. The van der Waals surface area contributed by atoms with E-state index in [1.54, 1.807) is 0 Å². The molecule has 100 valence electrons. The number of phosphoric acid groups is 1. The molecule has 0 aliphatic rings. The number of hydrogen-bond donors (Lipinski definition) is 0. The zero-order chi connectivity index (χ0) is 13.4. The molecule has 0 aliphatic carbocycles. The summed E-state index contributed by atoms with van der Waals surface area (Å²) in [4.78, 5) is 0. The van der Waals surface area contributed by atoms with E-state index >= 15 is 0 Å². The van der Waals surface area contributed by atoms with Crippen LogP contribution in [0.5, 0.6) is 0 Å². The van der Waals surface area contributed by atoms with Gasteiger partial charge in [-0.25, -0.2) is 4.57 Å². The van der Waals surface area contributed by atoms with Gasteiger partial charge in [0.05, 0.1) is 25.7 Å². The van der Waals surface area contributed by atoms with Gasteiger partial charge in [0.1, 0.15) is 6.61 Å². The van der Waals surface area contributed by atoms with Crippen LogP contribution < -0.4 is 0 Å². The van der Waals surface area contributed by atoms with Crippen LogP contribution in [-0.2, 0) is 22.9 Å². The van der Waals surface area contributed by atoms with Gasteiger partial charge in [0, 0.05) is 0 Å². The summed E-state index contributed by atoms with van der Waals surface area (Å²) in [5.74, 6) is 0. The van der Waals surface area contributed by atoms with Crippen LogP contribution >= 0.6 is 7.82 Å². The van der Waals surface area contributed by atoms with Gasteiger partial charge in [0.25, 0.3) is 0 Å². The Kier molecular flexibility index (Phi) is 6.94. The first-order valence-electron chi connectivity index (χ1n) is 4.30. The molecule has 0 rings (SSSR count). The second-order valence-corrected chi connectivity index (χ2v) is 4.07. The highest BCUT2D eigenvalue weighted by Gasteiger charge is 2.29. The lowest BCUT2D eigenvalue weighted by Gasteiger charge is -2.14. The number of phosphoric ester groups is 1. The van der Waals surface area contributed by atoms with Crippen molar-refractivity contribution in [1.82, 2.24) is 0 Å². The van der Waals surface area contributed by atoms with Crippen LogP contribution in [0, 0.1) is 0 Å². The summed E-state index contributed by atoms with van der Waals surface area (Å²) in [5, 5.41) is 0. The van der Waals surface area contributed by atoms with E-state index in [9.17, 15) is 17.7 Å². The van der Waals surface area contributed by atoms with Crippen molar-refractivity contribution in [2.24, 2.45) is 0 Å². The van der Waals surface area contributed by atoms with Gasteiger partial charge in [0.15, 0.2) is 0 Å². The van der Waals surface area contributed by atoms with Gasteiger partial charge in [-0.3, -0.25) is 4.52 Å². The lowest BCUT2D eigenvalue weighted by molar-refractivity contribution is -0.175. The van der Waals surface area contributed by atoms with Crippen molar-refractivity contribution in [2.45, 2.75) is 6.18 Å². The van der Waals surface area contributed by atoms with Gasteiger partial charge in [-0.05, 0) is 0 Å². The Morgan fingerprint density at radius 3 is 2.06 bits per heavy atom. The molecule has 0 unspecified atom stereocenters. The zero-order valence-electron chi connectivity index (χ0n) is 8.81. The molecule has 0 N–H and O–H groups in total. The fourth-order valence-electron chi connectivity index (χ4n) is 0.664. The summed E-state index contributed by atoms with van der Waals surface area (Å²) in [6, 6.07) is 0. The lowest BCUT2D eigenvalue weighted by atomic mass is 10.7. The van der Waals surface area contributed by atoms with Crippen LogP contribution in [0.15, 0.2) is 25.7 Å². The van der Waals surface area contributed by atoms with Gasteiger partial charge in [0.2, 0.25) is 0 Å². The maximum Gasteiger partial charge on any atom is 0.586 e. The second kappa shape index (κ2) is 7.37. The van der Waals surface area contributed by atoms with E-state index < -0.39 is 33.8 Å². The molecular weight excluding hydrogens is 264 g/mol. The Bertz CT molecular complexity index is 277. The van der Waals surface area contributed by atoms with Crippen LogP contribution in [0.1, 0.15) is 0 Å². The molecule has 0 spiro atoms. The van der Waals surface area contributed by atoms with E-state index in [2.05, 4.69) is 31.5 Å². The summed E-state index contributed by atoms with van der Waals surface area (Å²) in [6.45, 7) is 4.05. The van der Waals surface area contributed by atoms with Gasteiger partial charge in [-0.15, -0.1) is 0 Å². The summed E-state index contributed by atoms with van der Waals surface area (Å²) in [6.07, 6.45) is -2.78. The molecule has 0 atom stereocenters. The molecule has 0 amide bonds. The summed E-state index contributed by atoms with van der Waals surface area (Å²) >= 11 is 0. The van der Waals surface area contributed by atoms with E-state index in [0.717, 1.165) is 12.5 Å². The molecule has 17 heavy (non-hydrogen) atoms. The Morgan fingerprint density at radius 1 is 1.12 bits per heavy atom. The predicted octanol–water partition coefficient (Wildman–Crippen LogP) is 3.01. The highest BCUT2D eigenvalue weighted by atomic mass is 31.2. The van der Waals surface area contributed by atoms with E-state index in [0.29, 0.717) is 0 Å². The fourth-order valence-corrected chi connectivity index (χ4v) is 1.50. The topological polar surface area (TPSA) is 54.0 Å². The van der Waals surface area contributed by atoms with Crippen molar-refractivity contribution in [3.05, 3.63) is 25.7 Å². The third-order valence-electron chi connectivity index (χ3n) is 1.15. The van der Waals surface area contributed by atoms with Crippen LogP contribution in [0.4, 0.5) is 13.2 Å². The molecule has 0 bridgehead atoms. The van der Waals surface area contributed by atoms with E-state index in [4.69, 9.17) is 0 Å². The number of rotatable bonds is 9. The first-order valence-corrected chi connectivity index (χ1v) is 5.77. The number of alkyl halides is 3. The standard InChI is InChI=1S/C8H12F3O5P/c1-3-14-17(12,15-4-2)16-6-5-13-7-8(9,10)11/h3-4H,1-2,5-7H2. The molecule has 0 aromatic carbocycles. The molecule has 0 aliphatic heterocycles. The third-order valence-corrected chi connectivity index (χ3v) is 2.46. The van der Waals surface area contributed by atoms with Crippen molar-refractivity contribution in [3.63, 3.8) is 0 Å². The van der Waals surface area contributed by atoms with Gasteiger partial charge < -0.3 is 13.8 Å². The number of ether oxygens (including phenoxy) is 1. The monoisotopic (exact) mass is 276 g/mol. The van der Waals surface area contributed by atoms with Gasteiger partial charge in [-0.1, -0.05) is 13.2 Å². The van der Waals surface area contributed by atoms with Crippen LogP contribution in [-0.4, -0.2) is 26.0 Å². The minimum atomic E-state index is -4.42. The van der Waals surface area contributed by atoms with Crippen molar-refractivity contribution in [3.8, 4) is 0 Å². The van der Waals surface area contributed by atoms with Crippen molar-refractivity contribution < 1.29 is 36.0 Å². The third kappa shape index (κ3) is 8.79. The molecule has 0 saturated carbocycles. The molecule has 0 aromatic rings. The minimum Gasteiger partial charge on any atom is -0.404 e. The Hall–Kier alpha value is -0.980. The first-order chi connectivity index (χ1) is 7.83. The van der Waals surface area contributed by atoms with Crippen LogP contribution in [0.3, 0.4) is 0 Å². The highest BCUT2D eigenvalue weighted by Crippen LogP contribution is 2.49. The molecule has 0 aromatic heterocycles. The molecule has 0 heterocycles. The Labute approximate surface area is 96.4 Å². The molecule has 5 nitrogen and oxygen atoms in total. The normalized spacial score (nSPS) is 11.9. The van der Waals surface area contributed by atoms with Crippen LogP contribution in [0.25, 0.3) is 0 Å². The summed E-state index contributed by atoms with van der Waals surface area (Å²) in [7, 11) is -3.90. The minimum absolute atomic E-state index is 0.394. The molecule has 9 heteroatoms. The van der Waals surface area contributed by atoms with Gasteiger partial charge in [-0.2, -0.15) is 13.2 Å². The molecule has 0 radical (unpaired) electrons. The predicted molar refractivity (Wildman–Crippen MR) is 53.0 cm³/mol. The van der Waals surface area contributed by atoms with Crippen molar-refractivity contribution >= 4 is 7.82 Å². The fraction of sp³-hybridized carbons (Fsp3) is 0.500. The highest BCUT2D eigenvalue weighted by molar-refractivity contribution is 7.48. The number of hydrogen-bond acceptors (Lipinski definition) is 5. The van der Waals surface area contributed by atoms with Gasteiger partial charge >= 0.3 is 14.0 Å². The zero-order valence-corrected chi connectivity index (χ0v) is 9.71. The van der Waals surface area contributed by atoms with Crippen LogP contribution in [0.2, 0.25) is 0 Å². The molecular formula is C8H12F3O5P. The van der Waals surface area contributed by atoms with E-state index in [1.807, 2.05) is 0 Å².